The number of phenolic OH excluding ortho intramolecular Hbond substituents is 1. The van der Waals surface area contributed by atoms with Gasteiger partial charge < -0.3 is 19.1 Å². The molecule has 0 unspecified atom stereocenters. The predicted octanol–water partition coefficient (Wildman–Crippen LogP) is 4.67. The first-order valence-electron chi connectivity index (χ1n) is 9.15. The highest BCUT2D eigenvalue weighted by molar-refractivity contribution is 5.80. The second-order valence-electron chi connectivity index (χ2n) is 6.56. The molecule has 142 valence electrons. The van der Waals surface area contributed by atoms with Crippen LogP contribution in [-0.4, -0.2) is 28.9 Å². The quantitative estimate of drug-likeness (QED) is 0.533. The number of aromatic hydroxyl groups is 1. The number of phenols is 1. The van der Waals surface area contributed by atoms with Gasteiger partial charge in [-0.05, 0) is 60.5 Å². The lowest BCUT2D eigenvalue weighted by Gasteiger charge is -2.12. The van der Waals surface area contributed by atoms with Crippen LogP contribution in [0.25, 0.3) is 22.4 Å². The number of aromatic nitrogens is 2. The molecule has 0 atom stereocenters. The minimum atomic E-state index is 0.247. The number of aryl methyl sites for hydroxylation is 2. The Kier molecular flexibility index (Phi) is 4.89. The molecule has 0 aliphatic rings. The van der Waals surface area contributed by atoms with E-state index in [0.717, 1.165) is 52.4 Å². The van der Waals surface area contributed by atoms with Gasteiger partial charge in [0.05, 0.1) is 25.3 Å². The Bertz CT molecular complexity index is 1100. The van der Waals surface area contributed by atoms with Gasteiger partial charge in [0.2, 0.25) is 0 Å². The zero-order chi connectivity index (χ0) is 19.5. The number of rotatable bonds is 6. The maximum absolute atomic E-state index is 9.61. The first-order chi connectivity index (χ1) is 13.7. The van der Waals surface area contributed by atoms with Crippen molar-refractivity contribution in [3.8, 4) is 28.6 Å². The van der Waals surface area contributed by atoms with Gasteiger partial charge in [-0.1, -0.05) is 18.2 Å². The van der Waals surface area contributed by atoms with Gasteiger partial charge in [0.15, 0.2) is 11.5 Å². The van der Waals surface area contributed by atoms with Gasteiger partial charge in [-0.3, -0.25) is 0 Å². The Balaban J connectivity index is 1.70. The third-order valence-electron chi connectivity index (χ3n) is 4.85. The number of nitrogens with zero attached hydrogens (tertiary/aromatic N) is 2. The maximum Gasteiger partial charge on any atom is 0.160 e. The number of benzene rings is 3. The van der Waals surface area contributed by atoms with Gasteiger partial charge in [-0.25, -0.2) is 4.98 Å². The third kappa shape index (κ3) is 3.39. The number of hydrogen-bond acceptors (Lipinski definition) is 4. The Morgan fingerprint density at radius 2 is 1.64 bits per heavy atom. The Labute approximate surface area is 163 Å². The Morgan fingerprint density at radius 3 is 2.39 bits per heavy atom. The number of para-hydroxylation sites is 2. The van der Waals surface area contributed by atoms with Crippen LogP contribution in [0.5, 0.6) is 17.2 Å². The number of fused-ring (bicyclic) bond motifs is 1. The van der Waals surface area contributed by atoms with E-state index in [4.69, 9.17) is 14.5 Å². The number of imidazole rings is 1. The molecule has 0 aliphatic heterocycles. The monoisotopic (exact) mass is 374 g/mol. The van der Waals surface area contributed by atoms with Gasteiger partial charge in [-0.2, -0.15) is 0 Å². The number of methoxy groups -OCH3 is 2. The van der Waals surface area contributed by atoms with Crippen LogP contribution in [0, 0.1) is 0 Å². The number of hydrogen-bond donors (Lipinski definition) is 1. The maximum atomic E-state index is 9.61. The highest BCUT2D eigenvalue weighted by Gasteiger charge is 2.13. The largest absolute Gasteiger partial charge is 0.508 e. The molecule has 0 radical (unpaired) electrons. The van der Waals surface area contributed by atoms with E-state index >= 15 is 0 Å². The second-order valence-corrected chi connectivity index (χ2v) is 6.56. The molecule has 5 nitrogen and oxygen atoms in total. The summed E-state index contributed by atoms with van der Waals surface area (Å²) in [7, 11) is 3.28. The van der Waals surface area contributed by atoms with Crippen molar-refractivity contribution in [2.24, 2.45) is 0 Å². The standard InChI is InChI=1S/C23H22N2O3/c1-27-21-12-7-16(15-22(21)28-2)13-14-25-20-6-4-3-5-19(20)24-23(25)17-8-10-18(26)11-9-17/h3-12,15,26H,13-14H2,1-2H3. The fourth-order valence-corrected chi connectivity index (χ4v) is 3.41. The van der Waals surface area contributed by atoms with Crippen LogP contribution in [0.1, 0.15) is 5.56 Å². The van der Waals surface area contributed by atoms with Gasteiger partial charge in [0.1, 0.15) is 11.6 Å². The van der Waals surface area contributed by atoms with Crippen molar-refractivity contribution in [3.05, 3.63) is 72.3 Å². The van der Waals surface area contributed by atoms with Crippen LogP contribution in [-0.2, 0) is 13.0 Å². The fraction of sp³-hybridized carbons (Fsp3) is 0.174. The molecule has 4 aromatic rings. The van der Waals surface area contributed by atoms with Gasteiger partial charge in [-0.15, -0.1) is 0 Å². The third-order valence-corrected chi connectivity index (χ3v) is 4.85. The van der Waals surface area contributed by atoms with E-state index in [-0.39, 0.29) is 5.75 Å². The molecular formula is C23H22N2O3. The van der Waals surface area contributed by atoms with Crippen LogP contribution in [0.4, 0.5) is 0 Å². The molecular weight excluding hydrogens is 352 g/mol. The van der Waals surface area contributed by atoms with Crippen LogP contribution >= 0.6 is 0 Å². The smallest absolute Gasteiger partial charge is 0.160 e. The molecule has 1 aromatic heterocycles. The van der Waals surface area contributed by atoms with E-state index in [9.17, 15) is 5.11 Å². The zero-order valence-corrected chi connectivity index (χ0v) is 15.9. The average molecular weight is 374 g/mol. The van der Waals surface area contributed by atoms with Gasteiger partial charge >= 0.3 is 0 Å². The van der Waals surface area contributed by atoms with Crippen molar-refractivity contribution in [2.45, 2.75) is 13.0 Å². The molecule has 0 saturated heterocycles. The van der Waals surface area contributed by atoms with Crippen LogP contribution in [0.3, 0.4) is 0 Å². The number of ether oxygens (including phenoxy) is 2. The topological polar surface area (TPSA) is 56.5 Å². The summed E-state index contributed by atoms with van der Waals surface area (Å²) in [6, 6.07) is 21.3. The lowest BCUT2D eigenvalue weighted by atomic mass is 10.1. The minimum absolute atomic E-state index is 0.247. The normalized spacial score (nSPS) is 10.9. The van der Waals surface area contributed by atoms with Crippen molar-refractivity contribution in [1.82, 2.24) is 9.55 Å². The lowest BCUT2D eigenvalue weighted by Crippen LogP contribution is -2.04. The highest BCUT2D eigenvalue weighted by atomic mass is 16.5. The summed E-state index contributed by atoms with van der Waals surface area (Å²) in [5.74, 6) is 2.59. The summed E-state index contributed by atoms with van der Waals surface area (Å²) in [5, 5.41) is 9.61. The molecule has 0 fully saturated rings. The summed E-state index contributed by atoms with van der Waals surface area (Å²) in [4.78, 5) is 4.82. The molecule has 1 heterocycles. The van der Waals surface area contributed by atoms with E-state index in [1.54, 1.807) is 26.4 Å². The lowest BCUT2D eigenvalue weighted by molar-refractivity contribution is 0.354. The first-order valence-corrected chi connectivity index (χ1v) is 9.15. The summed E-state index contributed by atoms with van der Waals surface area (Å²) in [6.45, 7) is 0.770. The predicted molar refractivity (Wildman–Crippen MR) is 110 cm³/mol. The molecule has 4 rings (SSSR count). The highest BCUT2D eigenvalue weighted by Crippen LogP contribution is 2.29. The SMILES string of the molecule is COc1ccc(CCn2c(-c3ccc(O)cc3)nc3ccccc32)cc1OC. The van der Waals surface area contributed by atoms with Crippen molar-refractivity contribution >= 4 is 11.0 Å². The van der Waals surface area contributed by atoms with Crippen molar-refractivity contribution in [2.75, 3.05) is 14.2 Å². The molecule has 0 spiro atoms. The molecule has 28 heavy (non-hydrogen) atoms. The van der Waals surface area contributed by atoms with Crippen molar-refractivity contribution < 1.29 is 14.6 Å². The van der Waals surface area contributed by atoms with E-state index in [2.05, 4.69) is 16.7 Å². The van der Waals surface area contributed by atoms with Gasteiger partial charge in [0.25, 0.3) is 0 Å². The van der Waals surface area contributed by atoms with Crippen molar-refractivity contribution in [1.29, 1.82) is 0 Å². The van der Waals surface area contributed by atoms with E-state index < -0.39 is 0 Å². The van der Waals surface area contributed by atoms with E-state index in [0.29, 0.717) is 0 Å². The minimum Gasteiger partial charge on any atom is -0.508 e. The second kappa shape index (κ2) is 7.64. The van der Waals surface area contributed by atoms with E-state index in [1.165, 1.54) is 0 Å². The average Bonchev–Trinajstić information content (AvgIpc) is 3.11. The molecule has 5 heteroatoms. The molecule has 0 saturated carbocycles. The zero-order valence-electron chi connectivity index (χ0n) is 15.9. The van der Waals surface area contributed by atoms with Gasteiger partial charge in [0, 0.05) is 12.1 Å². The Hall–Kier alpha value is -3.47. The van der Waals surface area contributed by atoms with Crippen LogP contribution < -0.4 is 9.47 Å². The molecule has 0 amide bonds. The fourth-order valence-electron chi connectivity index (χ4n) is 3.41. The summed E-state index contributed by atoms with van der Waals surface area (Å²) >= 11 is 0. The summed E-state index contributed by atoms with van der Waals surface area (Å²) in [6.07, 6.45) is 0.825. The van der Waals surface area contributed by atoms with E-state index in [1.807, 2.05) is 42.5 Å². The molecule has 3 aromatic carbocycles. The first kappa shape index (κ1) is 17.9. The molecule has 0 bridgehead atoms. The van der Waals surface area contributed by atoms with Crippen molar-refractivity contribution in [3.63, 3.8) is 0 Å². The molecule has 0 aliphatic carbocycles. The summed E-state index contributed by atoms with van der Waals surface area (Å²) in [5.41, 5.74) is 4.18. The van der Waals surface area contributed by atoms with Crippen LogP contribution in [0.15, 0.2) is 66.7 Å². The van der Waals surface area contributed by atoms with Crippen LogP contribution in [0.2, 0.25) is 0 Å². The Morgan fingerprint density at radius 1 is 0.893 bits per heavy atom. The summed E-state index contributed by atoms with van der Waals surface area (Å²) < 4.78 is 13.0. The molecule has 1 N–H and O–H groups in total.